The first-order valence-electron chi connectivity index (χ1n) is 7.39. The largest absolute Gasteiger partial charge is 0.313 e. The fourth-order valence-electron chi connectivity index (χ4n) is 3.90. The van der Waals surface area contributed by atoms with E-state index in [2.05, 4.69) is 73.0 Å². The molecule has 0 aromatic heterocycles. The van der Waals surface area contributed by atoms with Gasteiger partial charge in [0.15, 0.2) is 0 Å². The molecule has 0 saturated heterocycles. The lowest BCUT2D eigenvalue weighted by Crippen LogP contribution is -2.22. The minimum Gasteiger partial charge on any atom is -0.313 e. The second kappa shape index (κ2) is 4.34. The molecule has 19 heavy (non-hydrogen) atoms. The summed E-state index contributed by atoms with van der Waals surface area (Å²) >= 11 is 0. The van der Waals surface area contributed by atoms with Crippen LogP contribution in [0.2, 0.25) is 0 Å². The fraction of sp³-hybridized carbons (Fsp3) is 0.667. The van der Waals surface area contributed by atoms with Crippen molar-refractivity contribution in [3.63, 3.8) is 0 Å². The van der Waals surface area contributed by atoms with E-state index in [0.717, 1.165) is 0 Å². The smallest absolute Gasteiger partial charge is 0.0359 e. The number of rotatable bonds is 3. The summed E-state index contributed by atoms with van der Waals surface area (Å²) in [6.07, 6.45) is 0. The molecule has 1 aliphatic rings. The topological polar surface area (TPSA) is 12.0 Å². The van der Waals surface area contributed by atoms with E-state index in [0.29, 0.717) is 22.8 Å². The van der Waals surface area contributed by atoms with Gasteiger partial charge in [-0.05, 0) is 66.8 Å². The van der Waals surface area contributed by atoms with Crippen LogP contribution in [-0.4, -0.2) is 7.05 Å². The third kappa shape index (κ3) is 2.03. The Labute approximate surface area is 118 Å². The zero-order valence-electron chi connectivity index (χ0n) is 13.8. The van der Waals surface area contributed by atoms with Crippen molar-refractivity contribution in [2.24, 2.45) is 16.7 Å². The zero-order chi connectivity index (χ0) is 14.6. The molecule has 1 unspecified atom stereocenters. The molecule has 0 bridgehead atoms. The van der Waals surface area contributed by atoms with Crippen molar-refractivity contribution >= 4 is 0 Å². The summed E-state index contributed by atoms with van der Waals surface area (Å²) in [5.41, 5.74) is 6.51. The first-order chi connectivity index (χ1) is 8.64. The van der Waals surface area contributed by atoms with Crippen LogP contribution in [0.4, 0.5) is 0 Å². The molecule has 1 fully saturated rings. The first kappa shape index (κ1) is 14.6. The number of nitrogens with one attached hydrogen (secondary N) is 1. The molecule has 1 aromatic carbocycles. The minimum absolute atomic E-state index is 0.409. The molecule has 0 amide bonds. The first-order valence-corrected chi connectivity index (χ1v) is 7.39. The Morgan fingerprint density at radius 3 is 1.79 bits per heavy atom. The van der Waals surface area contributed by atoms with Gasteiger partial charge < -0.3 is 5.32 Å². The van der Waals surface area contributed by atoms with Gasteiger partial charge in [-0.1, -0.05) is 39.8 Å². The van der Waals surface area contributed by atoms with Crippen molar-refractivity contribution in [3.05, 3.63) is 34.4 Å². The van der Waals surface area contributed by atoms with E-state index < -0.39 is 0 Å². The summed E-state index contributed by atoms with van der Waals surface area (Å²) in [5.74, 6) is 0.700. The van der Waals surface area contributed by atoms with Crippen LogP contribution in [-0.2, 0) is 0 Å². The Bertz CT molecular complexity index is 483. The Morgan fingerprint density at radius 2 is 1.37 bits per heavy atom. The Morgan fingerprint density at radius 1 is 0.895 bits per heavy atom. The van der Waals surface area contributed by atoms with Crippen molar-refractivity contribution < 1.29 is 0 Å². The minimum atomic E-state index is 0.409. The quantitative estimate of drug-likeness (QED) is 0.839. The third-order valence-electron chi connectivity index (χ3n) is 5.99. The van der Waals surface area contributed by atoms with Crippen molar-refractivity contribution in [2.75, 3.05) is 7.05 Å². The van der Waals surface area contributed by atoms with Crippen LogP contribution in [0.1, 0.15) is 56.0 Å². The van der Waals surface area contributed by atoms with Gasteiger partial charge in [-0.15, -0.1) is 0 Å². The van der Waals surface area contributed by atoms with Gasteiger partial charge in [0.25, 0.3) is 0 Å². The van der Waals surface area contributed by atoms with Crippen LogP contribution < -0.4 is 5.32 Å². The lowest BCUT2D eigenvalue weighted by atomic mass is 9.90. The van der Waals surface area contributed by atoms with Gasteiger partial charge in [0.05, 0.1) is 0 Å². The maximum absolute atomic E-state index is 3.58. The predicted octanol–water partition coefficient (Wildman–Crippen LogP) is 4.55. The van der Waals surface area contributed by atoms with E-state index in [9.17, 15) is 0 Å². The van der Waals surface area contributed by atoms with E-state index in [1.54, 1.807) is 0 Å². The highest BCUT2D eigenvalue weighted by Crippen LogP contribution is 2.72. The summed E-state index contributed by atoms with van der Waals surface area (Å²) in [6.45, 7) is 16.3. The molecular weight excluding hydrogens is 230 g/mol. The number of hydrogen-bond acceptors (Lipinski definition) is 1. The van der Waals surface area contributed by atoms with Gasteiger partial charge in [0, 0.05) is 6.04 Å². The SMILES string of the molecule is CNC(c1cc(C)c(C)cc1C)C1C(C)(C)C1(C)C. The van der Waals surface area contributed by atoms with E-state index >= 15 is 0 Å². The Hall–Kier alpha value is -0.820. The molecule has 0 heterocycles. The van der Waals surface area contributed by atoms with Gasteiger partial charge in [0.1, 0.15) is 0 Å². The molecule has 1 atom stereocenters. The third-order valence-corrected chi connectivity index (χ3v) is 5.99. The molecule has 1 nitrogen and oxygen atoms in total. The van der Waals surface area contributed by atoms with Crippen LogP contribution >= 0.6 is 0 Å². The van der Waals surface area contributed by atoms with Gasteiger partial charge in [0.2, 0.25) is 0 Å². The Balaban J connectivity index is 2.43. The lowest BCUT2D eigenvalue weighted by molar-refractivity contribution is 0.436. The van der Waals surface area contributed by atoms with E-state index in [4.69, 9.17) is 0 Å². The maximum Gasteiger partial charge on any atom is 0.0359 e. The molecule has 2 rings (SSSR count). The molecule has 1 aromatic rings. The zero-order valence-corrected chi connectivity index (χ0v) is 13.8. The lowest BCUT2D eigenvalue weighted by Gasteiger charge is -2.22. The predicted molar refractivity (Wildman–Crippen MR) is 83.5 cm³/mol. The van der Waals surface area contributed by atoms with Crippen LogP contribution in [0.5, 0.6) is 0 Å². The molecule has 1 N–H and O–H groups in total. The number of aryl methyl sites for hydroxylation is 3. The molecule has 106 valence electrons. The molecule has 1 aliphatic carbocycles. The van der Waals surface area contributed by atoms with Crippen molar-refractivity contribution in [3.8, 4) is 0 Å². The van der Waals surface area contributed by atoms with E-state index in [-0.39, 0.29) is 0 Å². The van der Waals surface area contributed by atoms with Gasteiger partial charge in [-0.3, -0.25) is 0 Å². The molecular formula is C18H29N. The molecule has 0 aliphatic heterocycles. The van der Waals surface area contributed by atoms with E-state index in [1.807, 2.05) is 0 Å². The second-order valence-corrected chi connectivity index (χ2v) is 7.48. The van der Waals surface area contributed by atoms with Crippen molar-refractivity contribution in [1.29, 1.82) is 0 Å². The summed E-state index contributed by atoms with van der Waals surface area (Å²) in [5, 5.41) is 3.58. The highest BCUT2D eigenvalue weighted by atomic mass is 14.9. The van der Waals surface area contributed by atoms with Gasteiger partial charge in [-0.25, -0.2) is 0 Å². The summed E-state index contributed by atoms with van der Waals surface area (Å²) < 4.78 is 0. The summed E-state index contributed by atoms with van der Waals surface area (Å²) in [4.78, 5) is 0. The average molecular weight is 259 g/mol. The van der Waals surface area contributed by atoms with Gasteiger partial charge in [-0.2, -0.15) is 0 Å². The fourth-order valence-corrected chi connectivity index (χ4v) is 3.90. The van der Waals surface area contributed by atoms with Crippen LogP contribution in [0, 0.1) is 37.5 Å². The molecule has 0 radical (unpaired) electrons. The molecule has 0 spiro atoms. The Kier molecular flexibility index (Phi) is 3.33. The van der Waals surface area contributed by atoms with Crippen LogP contribution in [0.3, 0.4) is 0 Å². The normalized spacial score (nSPS) is 22.3. The standard InChI is InChI=1S/C18H29N/c1-11-9-13(3)14(10-12(11)2)15(19-8)16-17(4,5)18(16,6)7/h9-10,15-16,19H,1-8H3. The monoisotopic (exact) mass is 259 g/mol. The maximum atomic E-state index is 3.58. The highest BCUT2D eigenvalue weighted by molar-refractivity contribution is 5.40. The summed E-state index contributed by atoms with van der Waals surface area (Å²) in [6, 6.07) is 5.18. The van der Waals surface area contributed by atoms with Crippen molar-refractivity contribution in [2.45, 2.75) is 54.5 Å². The number of hydrogen-bond donors (Lipinski definition) is 1. The average Bonchev–Trinajstić information content (AvgIpc) is 2.69. The second-order valence-electron chi connectivity index (χ2n) is 7.48. The molecule has 1 saturated carbocycles. The highest BCUT2D eigenvalue weighted by Gasteiger charge is 2.67. The van der Waals surface area contributed by atoms with Crippen LogP contribution in [0.25, 0.3) is 0 Å². The summed E-state index contributed by atoms with van der Waals surface area (Å²) in [7, 11) is 2.10. The van der Waals surface area contributed by atoms with E-state index in [1.165, 1.54) is 22.3 Å². The van der Waals surface area contributed by atoms with Crippen LogP contribution in [0.15, 0.2) is 12.1 Å². The van der Waals surface area contributed by atoms with Gasteiger partial charge >= 0.3 is 0 Å². The van der Waals surface area contributed by atoms with Crippen molar-refractivity contribution in [1.82, 2.24) is 5.32 Å². The number of benzene rings is 1. The molecule has 1 heteroatoms.